The zero-order valence-corrected chi connectivity index (χ0v) is 13.2. The van der Waals surface area contributed by atoms with Crippen LogP contribution in [0.4, 0.5) is 5.69 Å². The molecule has 112 valence electrons. The van der Waals surface area contributed by atoms with E-state index in [0.29, 0.717) is 11.3 Å². The van der Waals surface area contributed by atoms with Gasteiger partial charge in [-0.3, -0.25) is 0 Å². The minimum Gasteiger partial charge on any atom is -0.385 e. The Hall–Kier alpha value is -1.03. The zero-order valence-electron chi connectivity index (χ0n) is 12.4. The average molecular weight is 295 g/mol. The first kappa shape index (κ1) is 15.4. The highest BCUT2D eigenvalue weighted by Gasteiger charge is 2.22. The first-order valence-corrected chi connectivity index (χ1v) is 9.25. The van der Waals surface area contributed by atoms with E-state index in [4.69, 9.17) is 0 Å². The fourth-order valence-electron chi connectivity index (χ4n) is 2.94. The van der Waals surface area contributed by atoms with E-state index < -0.39 is 9.84 Å². The van der Waals surface area contributed by atoms with E-state index in [-0.39, 0.29) is 5.75 Å². The molecule has 1 N–H and O–H groups in total. The fraction of sp³-hybridized carbons (Fsp3) is 0.625. The summed E-state index contributed by atoms with van der Waals surface area (Å²) < 4.78 is 23.9. The molecule has 2 rings (SSSR count). The molecule has 0 amide bonds. The maximum absolute atomic E-state index is 11.9. The van der Waals surface area contributed by atoms with Gasteiger partial charge in [0.05, 0.1) is 10.6 Å². The molecule has 3 nitrogen and oxygen atoms in total. The number of nitrogens with one attached hydrogen (secondary N) is 1. The van der Waals surface area contributed by atoms with E-state index in [1.165, 1.54) is 19.3 Å². The SMILES string of the molecule is CCCS(=O)(=O)c1ccc(NCC2CCCC2C)cc1. The molecule has 0 heterocycles. The zero-order chi connectivity index (χ0) is 14.6. The number of hydrogen-bond donors (Lipinski definition) is 1. The lowest BCUT2D eigenvalue weighted by atomic mass is 9.98. The summed E-state index contributed by atoms with van der Waals surface area (Å²) >= 11 is 0. The van der Waals surface area contributed by atoms with E-state index in [1.807, 2.05) is 19.1 Å². The summed E-state index contributed by atoms with van der Waals surface area (Å²) in [5.74, 6) is 1.77. The number of sulfone groups is 1. The highest BCUT2D eigenvalue weighted by atomic mass is 32.2. The van der Waals surface area contributed by atoms with Crippen LogP contribution in [-0.2, 0) is 9.84 Å². The van der Waals surface area contributed by atoms with Crippen molar-refractivity contribution in [1.82, 2.24) is 0 Å². The second-order valence-corrected chi connectivity index (χ2v) is 8.00. The number of benzene rings is 1. The van der Waals surface area contributed by atoms with Crippen molar-refractivity contribution in [3.8, 4) is 0 Å². The topological polar surface area (TPSA) is 46.2 Å². The smallest absolute Gasteiger partial charge is 0.178 e. The van der Waals surface area contributed by atoms with Gasteiger partial charge in [-0.2, -0.15) is 0 Å². The number of hydrogen-bond acceptors (Lipinski definition) is 3. The molecule has 1 saturated carbocycles. The Morgan fingerprint density at radius 3 is 2.45 bits per heavy atom. The average Bonchev–Trinajstić information content (AvgIpc) is 2.82. The van der Waals surface area contributed by atoms with Crippen LogP contribution in [0, 0.1) is 11.8 Å². The standard InChI is InChI=1S/C16H25NO2S/c1-3-11-20(18,19)16-9-7-15(8-10-16)17-12-14-6-4-5-13(14)2/h7-10,13-14,17H,3-6,11-12H2,1-2H3. The Labute approximate surface area is 122 Å². The molecule has 0 aliphatic heterocycles. The molecule has 0 bridgehead atoms. The third-order valence-corrected chi connectivity index (χ3v) is 6.23. The van der Waals surface area contributed by atoms with Gasteiger partial charge < -0.3 is 5.32 Å². The third-order valence-electron chi connectivity index (χ3n) is 4.29. The van der Waals surface area contributed by atoms with Crippen LogP contribution in [0.5, 0.6) is 0 Å². The van der Waals surface area contributed by atoms with Gasteiger partial charge in [-0.25, -0.2) is 8.42 Å². The van der Waals surface area contributed by atoms with Gasteiger partial charge in [-0.05, 0) is 48.9 Å². The lowest BCUT2D eigenvalue weighted by molar-refractivity contribution is 0.439. The molecule has 2 atom stereocenters. The molecule has 0 spiro atoms. The Morgan fingerprint density at radius 2 is 1.90 bits per heavy atom. The predicted octanol–water partition coefficient (Wildman–Crippen LogP) is 3.72. The predicted molar refractivity (Wildman–Crippen MR) is 83.8 cm³/mol. The summed E-state index contributed by atoms with van der Waals surface area (Å²) in [5.41, 5.74) is 1.01. The molecule has 2 unspecified atom stereocenters. The van der Waals surface area contributed by atoms with Gasteiger partial charge in [0, 0.05) is 12.2 Å². The highest BCUT2D eigenvalue weighted by molar-refractivity contribution is 7.91. The molecule has 1 aromatic carbocycles. The van der Waals surface area contributed by atoms with Crippen LogP contribution < -0.4 is 5.32 Å². The van der Waals surface area contributed by atoms with Crippen LogP contribution in [0.15, 0.2) is 29.2 Å². The first-order chi connectivity index (χ1) is 9.53. The van der Waals surface area contributed by atoms with Gasteiger partial charge in [0.2, 0.25) is 0 Å². The van der Waals surface area contributed by atoms with E-state index >= 15 is 0 Å². The lowest BCUT2D eigenvalue weighted by Crippen LogP contribution is -2.16. The first-order valence-electron chi connectivity index (χ1n) is 7.59. The quantitative estimate of drug-likeness (QED) is 0.870. The molecule has 0 radical (unpaired) electrons. The maximum Gasteiger partial charge on any atom is 0.178 e. The van der Waals surface area contributed by atoms with Crippen LogP contribution >= 0.6 is 0 Å². The Morgan fingerprint density at radius 1 is 1.20 bits per heavy atom. The third kappa shape index (κ3) is 3.75. The molecule has 1 aliphatic carbocycles. The fourth-order valence-corrected chi connectivity index (χ4v) is 4.27. The largest absolute Gasteiger partial charge is 0.385 e. The Kier molecular flexibility index (Phi) is 5.08. The molecular weight excluding hydrogens is 270 g/mol. The van der Waals surface area contributed by atoms with Gasteiger partial charge in [0.1, 0.15) is 0 Å². The van der Waals surface area contributed by atoms with Crippen LogP contribution in [0.2, 0.25) is 0 Å². The van der Waals surface area contributed by atoms with E-state index in [9.17, 15) is 8.42 Å². The second kappa shape index (κ2) is 6.61. The van der Waals surface area contributed by atoms with Crippen LogP contribution in [-0.4, -0.2) is 20.7 Å². The summed E-state index contributed by atoms with van der Waals surface area (Å²) in [4.78, 5) is 0.430. The van der Waals surface area contributed by atoms with Gasteiger partial charge >= 0.3 is 0 Å². The summed E-state index contributed by atoms with van der Waals surface area (Å²) in [5, 5.41) is 3.43. The molecule has 4 heteroatoms. The van der Waals surface area contributed by atoms with Crippen molar-refractivity contribution in [2.75, 3.05) is 17.6 Å². The second-order valence-electron chi connectivity index (χ2n) is 5.89. The van der Waals surface area contributed by atoms with Crippen LogP contribution in [0.1, 0.15) is 39.5 Å². The molecule has 0 aromatic heterocycles. The van der Waals surface area contributed by atoms with E-state index in [2.05, 4.69) is 12.2 Å². The lowest BCUT2D eigenvalue weighted by Gasteiger charge is -2.16. The van der Waals surface area contributed by atoms with Gasteiger partial charge in [0.15, 0.2) is 9.84 Å². The molecule has 20 heavy (non-hydrogen) atoms. The van der Waals surface area contributed by atoms with E-state index in [0.717, 1.165) is 24.1 Å². The molecule has 1 aromatic rings. The number of anilines is 1. The molecule has 1 fully saturated rings. The van der Waals surface area contributed by atoms with Crippen molar-refractivity contribution >= 4 is 15.5 Å². The van der Waals surface area contributed by atoms with Crippen molar-refractivity contribution in [2.45, 2.75) is 44.4 Å². The summed E-state index contributed by atoms with van der Waals surface area (Å²) in [6.07, 6.45) is 4.63. The van der Waals surface area contributed by atoms with Gasteiger partial charge in [-0.15, -0.1) is 0 Å². The van der Waals surface area contributed by atoms with Crippen LogP contribution in [0.25, 0.3) is 0 Å². The number of rotatable bonds is 6. The summed E-state index contributed by atoms with van der Waals surface area (Å²) in [7, 11) is -3.09. The van der Waals surface area contributed by atoms with Crippen molar-refractivity contribution in [3.63, 3.8) is 0 Å². The van der Waals surface area contributed by atoms with Gasteiger partial charge in [-0.1, -0.05) is 26.7 Å². The molecule has 1 aliphatic rings. The van der Waals surface area contributed by atoms with Gasteiger partial charge in [0.25, 0.3) is 0 Å². The normalized spacial score (nSPS) is 22.9. The Balaban J connectivity index is 1.95. The molecular formula is C16H25NO2S. The van der Waals surface area contributed by atoms with Crippen molar-refractivity contribution < 1.29 is 8.42 Å². The van der Waals surface area contributed by atoms with Crippen molar-refractivity contribution in [2.24, 2.45) is 11.8 Å². The van der Waals surface area contributed by atoms with Crippen molar-refractivity contribution in [1.29, 1.82) is 0 Å². The Bertz CT molecular complexity index is 522. The molecule has 0 saturated heterocycles. The minimum atomic E-state index is -3.09. The monoisotopic (exact) mass is 295 g/mol. The van der Waals surface area contributed by atoms with E-state index in [1.54, 1.807) is 12.1 Å². The van der Waals surface area contributed by atoms with Crippen molar-refractivity contribution in [3.05, 3.63) is 24.3 Å². The maximum atomic E-state index is 11.9. The minimum absolute atomic E-state index is 0.222. The van der Waals surface area contributed by atoms with Crippen LogP contribution in [0.3, 0.4) is 0 Å². The highest BCUT2D eigenvalue weighted by Crippen LogP contribution is 2.31. The summed E-state index contributed by atoms with van der Waals surface area (Å²) in [6.45, 7) is 5.19. The summed E-state index contributed by atoms with van der Waals surface area (Å²) in [6, 6.07) is 7.18.